The zero-order valence-electron chi connectivity index (χ0n) is 22.0. The van der Waals surface area contributed by atoms with Gasteiger partial charge in [-0.25, -0.2) is 13.4 Å². The van der Waals surface area contributed by atoms with Gasteiger partial charge in [0.25, 0.3) is 5.56 Å². The summed E-state index contributed by atoms with van der Waals surface area (Å²) in [7, 11) is -1.73. The Bertz CT molecular complexity index is 1870. The van der Waals surface area contributed by atoms with Gasteiger partial charge in [0.1, 0.15) is 5.75 Å². The Balaban J connectivity index is 1.59. The summed E-state index contributed by atoms with van der Waals surface area (Å²) in [5.41, 5.74) is 2.92. The zero-order valence-corrected chi connectivity index (χ0v) is 23.7. The molecule has 2 aromatic heterocycles. The highest BCUT2D eigenvalue weighted by Crippen LogP contribution is 2.43. The minimum absolute atomic E-state index is 0.172. The Hall–Kier alpha value is -3.99. The Morgan fingerprint density at radius 3 is 2.42 bits per heavy atom. The monoisotopic (exact) mass is 573 g/mol. The maximum Gasteiger partial charge on any atom is 0.266 e. The van der Waals surface area contributed by atoms with E-state index < -0.39 is 9.84 Å². The van der Waals surface area contributed by atoms with Gasteiger partial charge in [0, 0.05) is 31.0 Å². The minimum atomic E-state index is -3.32. The molecule has 1 aliphatic rings. The minimum Gasteiger partial charge on any atom is -0.497 e. The van der Waals surface area contributed by atoms with E-state index in [4.69, 9.17) is 14.5 Å². The van der Waals surface area contributed by atoms with Crippen molar-refractivity contribution in [3.05, 3.63) is 89.2 Å². The highest BCUT2D eigenvalue weighted by molar-refractivity contribution is 7.90. The topological polar surface area (TPSA) is 90.7 Å². The predicted molar refractivity (Wildman–Crippen MR) is 159 cm³/mol. The maximum absolute atomic E-state index is 13.9. The summed E-state index contributed by atoms with van der Waals surface area (Å²) in [6, 6.07) is 23.7. The molecular weight excluding hydrogens is 546 g/mol. The van der Waals surface area contributed by atoms with E-state index >= 15 is 0 Å². The lowest BCUT2D eigenvalue weighted by Crippen LogP contribution is -2.35. The predicted octanol–water partition coefficient (Wildman–Crippen LogP) is 5.03. The van der Waals surface area contributed by atoms with E-state index in [0.29, 0.717) is 41.4 Å². The lowest BCUT2D eigenvalue weighted by Gasteiger charge is -2.28. The number of morpholine rings is 1. The van der Waals surface area contributed by atoms with Crippen LogP contribution in [-0.2, 0) is 14.6 Å². The van der Waals surface area contributed by atoms with E-state index in [1.165, 1.54) is 6.26 Å². The lowest BCUT2D eigenvalue weighted by atomic mass is 10.1. The summed E-state index contributed by atoms with van der Waals surface area (Å²) in [6.45, 7) is 2.68. The Morgan fingerprint density at radius 2 is 1.70 bits per heavy atom. The van der Waals surface area contributed by atoms with Crippen molar-refractivity contribution in [1.82, 2.24) is 9.55 Å². The summed E-state index contributed by atoms with van der Waals surface area (Å²) in [5.74, 6) is 1.16. The molecule has 40 heavy (non-hydrogen) atoms. The molecule has 0 spiro atoms. The Labute approximate surface area is 236 Å². The zero-order chi connectivity index (χ0) is 27.9. The normalized spacial score (nSPS) is 14.0. The van der Waals surface area contributed by atoms with Gasteiger partial charge in [-0.15, -0.1) is 11.3 Å². The number of methoxy groups -OCH3 is 1. The van der Waals surface area contributed by atoms with Crippen LogP contribution in [-0.4, -0.2) is 57.6 Å². The highest BCUT2D eigenvalue weighted by atomic mass is 32.2. The molecule has 3 aromatic carbocycles. The fourth-order valence-corrected chi connectivity index (χ4v) is 6.71. The van der Waals surface area contributed by atoms with Gasteiger partial charge in [-0.05, 0) is 48.0 Å². The molecule has 0 unspecified atom stereocenters. The molecule has 1 aliphatic heterocycles. The van der Waals surface area contributed by atoms with Crippen molar-refractivity contribution in [2.24, 2.45) is 0 Å². The molecule has 8 nitrogen and oxygen atoms in total. The first kappa shape index (κ1) is 26.2. The van der Waals surface area contributed by atoms with E-state index in [1.807, 2.05) is 60.7 Å². The van der Waals surface area contributed by atoms with Crippen molar-refractivity contribution in [3.63, 3.8) is 0 Å². The van der Waals surface area contributed by atoms with Crippen LogP contribution in [0.25, 0.3) is 38.4 Å². The highest BCUT2D eigenvalue weighted by Gasteiger charge is 2.24. The largest absolute Gasteiger partial charge is 0.497 e. The van der Waals surface area contributed by atoms with Crippen molar-refractivity contribution in [1.29, 1.82) is 0 Å². The van der Waals surface area contributed by atoms with Crippen LogP contribution < -0.4 is 15.2 Å². The molecule has 3 heterocycles. The second-order valence-corrected chi connectivity index (χ2v) is 12.6. The second-order valence-electron chi connectivity index (χ2n) is 9.52. The molecular formula is C30H27N3O5S2. The summed E-state index contributed by atoms with van der Waals surface area (Å²) < 4.78 is 36.8. The van der Waals surface area contributed by atoms with E-state index in [9.17, 15) is 13.2 Å². The first-order valence-corrected chi connectivity index (χ1v) is 15.5. The standard InChI is InChI=1S/C30H27N3O5S2/c1-37-22-7-5-6-21(18-22)33-28(31-26-9-4-3-8-24(26)29(33)34)27-19-25(30(39-27)32-14-16-38-17-15-32)20-10-12-23(13-11-20)40(2,35)36/h3-13,18-19H,14-17H2,1-2H3. The Morgan fingerprint density at radius 1 is 0.950 bits per heavy atom. The molecule has 0 aliphatic carbocycles. The third kappa shape index (κ3) is 4.90. The number of hydrogen-bond donors (Lipinski definition) is 0. The molecule has 0 bridgehead atoms. The molecule has 0 N–H and O–H groups in total. The van der Waals surface area contributed by atoms with E-state index in [1.54, 1.807) is 41.2 Å². The van der Waals surface area contributed by atoms with Gasteiger partial charge in [0.15, 0.2) is 15.7 Å². The summed E-state index contributed by atoms with van der Waals surface area (Å²) in [6.07, 6.45) is 1.20. The summed E-state index contributed by atoms with van der Waals surface area (Å²) in [5, 5.41) is 1.54. The number of sulfone groups is 1. The summed E-state index contributed by atoms with van der Waals surface area (Å²) >= 11 is 1.56. The molecule has 5 aromatic rings. The first-order chi connectivity index (χ1) is 19.3. The SMILES string of the molecule is COc1cccc(-n2c(-c3cc(-c4ccc(S(C)(=O)=O)cc4)c(N4CCOCC4)s3)nc3ccccc3c2=O)c1. The number of thiophene rings is 1. The Kier molecular flexibility index (Phi) is 6.91. The number of hydrogen-bond acceptors (Lipinski definition) is 8. The van der Waals surface area contributed by atoms with Crippen LogP contribution in [0.5, 0.6) is 5.75 Å². The van der Waals surface area contributed by atoms with Crippen LogP contribution in [0, 0.1) is 0 Å². The average molecular weight is 574 g/mol. The number of benzene rings is 3. The molecule has 0 atom stereocenters. The maximum atomic E-state index is 13.9. The number of para-hydroxylation sites is 1. The number of aromatic nitrogens is 2. The number of anilines is 1. The molecule has 204 valence electrons. The fraction of sp³-hybridized carbons (Fsp3) is 0.200. The van der Waals surface area contributed by atoms with Gasteiger partial charge in [-0.1, -0.05) is 30.3 Å². The fourth-order valence-electron chi connectivity index (χ4n) is 4.87. The van der Waals surface area contributed by atoms with Gasteiger partial charge < -0.3 is 14.4 Å². The number of rotatable bonds is 6. The van der Waals surface area contributed by atoms with Crippen LogP contribution >= 0.6 is 11.3 Å². The van der Waals surface area contributed by atoms with Crippen LogP contribution in [0.15, 0.2) is 88.6 Å². The second kappa shape index (κ2) is 10.5. The third-order valence-corrected chi connectivity index (χ3v) is 9.23. The van der Waals surface area contributed by atoms with Crippen molar-refractivity contribution in [2.45, 2.75) is 4.90 Å². The molecule has 0 amide bonds. The number of nitrogens with zero attached hydrogens (tertiary/aromatic N) is 3. The van der Waals surface area contributed by atoms with Gasteiger partial charge in [0.2, 0.25) is 0 Å². The van der Waals surface area contributed by atoms with Gasteiger partial charge in [-0.2, -0.15) is 0 Å². The third-order valence-electron chi connectivity index (χ3n) is 6.91. The molecule has 1 fully saturated rings. The molecule has 0 saturated carbocycles. The first-order valence-electron chi connectivity index (χ1n) is 12.8. The average Bonchev–Trinajstić information content (AvgIpc) is 3.43. The molecule has 6 rings (SSSR count). The quantitative estimate of drug-likeness (QED) is 0.281. The summed E-state index contributed by atoms with van der Waals surface area (Å²) in [4.78, 5) is 22.3. The number of fused-ring (bicyclic) bond motifs is 1. The number of ether oxygens (including phenoxy) is 2. The van der Waals surface area contributed by atoms with Crippen molar-refractivity contribution in [2.75, 3.05) is 44.6 Å². The van der Waals surface area contributed by atoms with Crippen molar-refractivity contribution < 1.29 is 17.9 Å². The van der Waals surface area contributed by atoms with Gasteiger partial charge in [-0.3, -0.25) is 9.36 Å². The van der Waals surface area contributed by atoms with Gasteiger partial charge in [0.05, 0.1) is 51.7 Å². The molecule has 10 heteroatoms. The van der Waals surface area contributed by atoms with Crippen molar-refractivity contribution in [3.8, 4) is 33.3 Å². The van der Waals surface area contributed by atoms with E-state index in [2.05, 4.69) is 4.90 Å². The van der Waals surface area contributed by atoms with E-state index in [0.717, 1.165) is 34.1 Å². The molecule has 1 saturated heterocycles. The van der Waals surface area contributed by atoms with Crippen LogP contribution in [0.1, 0.15) is 0 Å². The van der Waals surface area contributed by atoms with E-state index in [-0.39, 0.29) is 10.5 Å². The van der Waals surface area contributed by atoms with Gasteiger partial charge >= 0.3 is 0 Å². The molecule has 0 radical (unpaired) electrons. The van der Waals surface area contributed by atoms with Crippen LogP contribution in [0.4, 0.5) is 5.00 Å². The van der Waals surface area contributed by atoms with Crippen molar-refractivity contribution >= 4 is 37.1 Å². The van der Waals surface area contributed by atoms with Crippen LogP contribution in [0.3, 0.4) is 0 Å². The smallest absolute Gasteiger partial charge is 0.266 e. The van der Waals surface area contributed by atoms with Crippen LogP contribution in [0.2, 0.25) is 0 Å². The lowest BCUT2D eigenvalue weighted by molar-refractivity contribution is 0.123.